The molecule has 2 aromatic carbocycles. The van der Waals surface area contributed by atoms with E-state index in [2.05, 4.69) is 53.6 Å². The van der Waals surface area contributed by atoms with Crippen LogP contribution in [0.15, 0.2) is 88.6 Å². The zero-order chi connectivity index (χ0) is 23.0. The van der Waals surface area contributed by atoms with Crippen molar-refractivity contribution in [2.24, 2.45) is 5.92 Å². The quantitative estimate of drug-likeness (QED) is 0.321. The number of benzene rings is 2. The van der Waals surface area contributed by atoms with Gasteiger partial charge < -0.3 is 9.73 Å². The molecule has 4 rings (SSSR count). The number of nitrogens with zero attached hydrogens (tertiary/aromatic N) is 3. The molecule has 6 nitrogen and oxygen atoms in total. The zero-order valence-corrected chi connectivity index (χ0v) is 19.7. The molecular weight excluding hydrogens is 432 g/mol. The topological polar surface area (TPSA) is 73.0 Å². The normalized spacial score (nSPS) is 12.1. The minimum absolute atomic E-state index is 0.0385. The van der Waals surface area contributed by atoms with Crippen molar-refractivity contribution in [1.82, 2.24) is 20.1 Å². The van der Waals surface area contributed by atoms with Gasteiger partial charge in [-0.1, -0.05) is 86.3 Å². The SMILES string of the molecule is CC(C)Cn1c(SCC(=O)NC(Cc2ccccc2)c2ccccc2)nnc1-c1ccco1. The molecule has 7 heteroatoms. The van der Waals surface area contributed by atoms with Crippen molar-refractivity contribution in [3.05, 3.63) is 90.2 Å². The Balaban J connectivity index is 1.46. The average Bonchev–Trinajstić information content (AvgIpc) is 3.48. The van der Waals surface area contributed by atoms with Crippen LogP contribution in [0.1, 0.15) is 31.0 Å². The number of furan rings is 1. The lowest BCUT2D eigenvalue weighted by molar-refractivity contribution is -0.119. The van der Waals surface area contributed by atoms with Crippen LogP contribution in [0.2, 0.25) is 0 Å². The number of hydrogen-bond acceptors (Lipinski definition) is 5. The van der Waals surface area contributed by atoms with Crippen molar-refractivity contribution < 1.29 is 9.21 Å². The third-order valence-electron chi connectivity index (χ3n) is 5.16. The summed E-state index contributed by atoms with van der Waals surface area (Å²) in [5.74, 6) is 1.97. The number of aromatic nitrogens is 3. The van der Waals surface area contributed by atoms with Gasteiger partial charge in [-0.3, -0.25) is 9.36 Å². The van der Waals surface area contributed by atoms with Crippen LogP contribution in [0.5, 0.6) is 0 Å². The van der Waals surface area contributed by atoms with Crippen molar-refractivity contribution in [3.63, 3.8) is 0 Å². The van der Waals surface area contributed by atoms with Gasteiger partial charge in [-0.05, 0) is 35.6 Å². The summed E-state index contributed by atoms with van der Waals surface area (Å²) in [4.78, 5) is 13.0. The van der Waals surface area contributed by atoms with Gasteiger partial charge in [0.1, 0.15) is 0 Å². The van der Waals surface area contributed by atoms with Gasteiger partial charge in [-0.2, -0.15) is 0 Å². The first-order valence-electron chi connectivity index (χ1n) is 11.1. The molecule has 4 aromatic rings. The van der Waals surface area contributed by atoms with E-state index in [1.54, 1.807) is 6.26 Å². The summed E-state index contributed by atoms with van der Waals surface area (Å²) in [6, 6.07) is 23.9. The Morgan fingerprint density at radius 2 is 1.73 bits per heavy atom. The first-order chi connectivity index (χ1) is 16.1. The van der Waals surface area contributed by atoms with Crippen LogP contribution in [0.4, 0.5) is 0 Å². The summed E-state index contributed by atoms with van der Waals surface area (Å²) < 4.78 is 7.55. The molecule has 0 bridgehead atoms. The highest BCUT2D eigenvalue weighted by Crippen LogP contribution is 2.26. The molecule has 0 saturated heterocycles. The van der Waals surface area contributed by atoms with E-state index in [0.717, 1.165) is 18.5 Å². The number of hydrogen-bond donors (Lipinski definition) is 1. The van der Waals surface area contributed by atoms with Crippen molar-refractivity contribution >= 4 is 17.7 Å². The van der Waals surface area contributed by atoms with Gasteiger partial charge in [0, 0.05) is 6.54 Å². The van der Waals surface area contributed by atoms with Gasteiger partial charge >= 0.3 is 0 Å². The molecule has 0 aliphatic heterocycles. The molecule has 0 radical (unpaired) electrons. The smallest absolute Gasteiger partial charge is 0.230 e. The highest BCUT2D eigenvalue weighted by atomic mass is 32.2. The second-order valence-corrected chi connectivity index (χ2v) is 9.24. The van der Waals surface area contributed by atoms with E-state index >= 15 is 0 Å². The predicted octanol–water partition coefficient (Wildman–Crippen LogP) is 5.39. The predicted molar refractivity (Wildman–Crippen MR) is 131 cm³/mol. The second kappa shape index (κ2) is 11.0. The van der Waals surface area contributed by atoms with Gasteiger partial charge in [0.05, 0.1) is 18.1 Å². The second-order valence-electron chi connectivity index (χ2n) is 8.30. The van der Waals surface area contributed by atoms with Crippen molar-refractivity contribution in [1.29, 1.82) is 0 Å². The van der Waals surface area contributed by atoms with Gasteiger partial charge in [0.25, 0.3) is 0 Å². The lowest BCUT2D eigenvalue weighted by Crippen LogP contribution is -2.31. The Bertz CT molecular complexity index is 1140. The molecule has 33 heavy (non-hydrogen) atoms. The maximum atomic E-state index is 13.0. The van der Waals surface area contributed by atoms with Crippen molar-refractivity contribution in [2.45, 2.75) is 38.0 Å². The van der Waals surface area contributed by atoms with Crippen LogP contribution in [0.25, 0.3) is 11.6 Å². The Kier molecular flexibility index (Phi) is 7.62. The maximum absolute atomic E-state index is 13.0. The molecule has 1 N–H and O–H groups in total. The number of rotatable bonds is 10. The fraction of sp³-hybridized carbons (Fsp3) is 0.269. The van der Waals surface area contributed by atoms with Gasteiger partial charge in [0.15, 0.2) is 16.7 Å². The molecule has 1 unspecified atom stereocenters. The highest BCUT2D eigenvalue weighted by molar-refractivity contribution is 7.99. The Morgan fingerprint density at radius 3 is 2.39 bits per heavy atom. The number of amides is 1. The molecule has 0 fully saturated rings. The fourth-order valence-electron chi connectivity index (χ4n) is 3.67. The minimum atomic E-state index is -0.103. The van der Waals surface area contributed by atoms with E-state index in [9.17, 15) is 4.79 Å². The third kappa shape index (κ3) is 6.14. The van der Waals surface area contributed by atoms with E-state index in [-0.39, 0.29) is 17.7 Å². The summed E-state index contributed by atoms with van der Waals surface area (Å²) in [6.45, 7) is 5.02. The number of thioether (sulfide) groups is 1. The molecule has 2 aromatic heterocycles. The number of nitrogens with one attached hydrogen (secondary N) is 1. The average molecular weight is 461 g/mol. The maximum Gasteiger partial charge on any atom is 0.230 e. The largest absolute Gasteiger partial charge is 0.461 e. The zero-order valence-electron chi connectivity index (χ0n) is 18.8. The summed E-state index contributed by atoms with van der Waals surface area (Å²) in [6.07, 6.45) is 2.36. The Morgan fingerprint density at radius 1 is 1.00 bits per heavy atom. The van der Waals surface area contributed by atoms with Gasteiger partial charge in [-0.25, -0.2) is 0 Å². The van der Waals surface area contributed by atoms with E-state index in [1.807, 2.05) is 53.1 Å². The minimum Gasteiger partial charge on any atom is -0.461 e. The standard InChI is InChI=1S/C26H28N4O2S/c1-19(2)17-30-25(23-14-9-15-32-23)28-29-26(30)33-18-24(31)27-22(21-12-7-4-8-13-21)16-20-10-5-3-6-11-20/h3-15,19,22H,16-18H2,1-2H3,(H,27,31). The van der Waals surface area contributed by atoms with Crippen LogP contribution < -0.4 is 5.32 Å². The summed E-state index contributed by atoms with van der Waals surface area (Å²) in [5.41, 5.74) is 2.27. The molecule has 0 spiro atoms. The lowest BCUT2D eigenvalue weighted by atomic mass is 9.99. The Hall–Kier alpha value is -3.32. The van der Waals surface area contributed by atoms with Crippen LogP contribution in [0.3, 0.4) is 0 Å². The fourth-order valence-corrected chi connectivity index (χ4v) is 4.43. The summed E-state index contributed by atoms with van der Waals surface area (Å²) >= 11 is 1.39. The highest BCUT2D eigenvalue weighted by Gasteiger charge is 2.20. The van der Waals surface area contributed by atoms with Crippen LogP contribution in [-0.2, 0) is 17.8 Å². The molecule has 2 heterocycles. The molecular formula is C26H28N4O2S. The van der Waals surface area contributed by atoms with Gasteiger partial charge in [0.2, 0.25) is 5.91 Å². The van der Waals surface area contributed by atoms with Crippen LogP contribution in [-0.4, -0.2) is 26.4 Å². The molecule has 1 atom stereocenters. The van der Waals surface area contributed by atoms with Gasteiger partial charge in [-0.15, -0.1) is 10.2 Å². The molecule has 0 saturated carbocycles. The number of carbonyl (C=O) groups excluding carboxylic acids is 1. The molecule has 0 aliphatic rings. The number of carbonyl (C=O) groups is 1. The monoisotopic (exact) mass is 460 g/mol. The first-order valence-corrected chi connectivity index (χ1v) is 12.1. The van der Waals surface area contributed by atoms with E-state index in [0.29, 0.717) is 22.7 Å². The lowest BCUT2D eigenvalue weighted by Gasteiger charge is -2.19. The molecule has 1 amide bonds. The summed E-state index contributed by atoms with van der Waals surface area (Å²) in [5, 5.41) is 12.6. The van der Waals surface area contributed by atoms with Crippen molar-refractivity contribution in [3.8, 4) is 11.6 Å². The van der Waals surface area contributed by atoms with Crippen molar-refractivity contribution in [2.75, 3.05) is 5.75 Å². The molecule has 0 aliphatic carbocycles. The molecule has 170 valence electrons. The van der Waals surface area contributed by atoms with E-state index < -0.39 is 0 Å². The summed E-state index contributed by atoms with van der Waals surface area (Å²) in [7, 11) is 0. The van der Waals surface area contributed by atoms with Crippen LogP contribution in [0, 0.1) is 5.92 Å². The van der Waals surface area contributed by atoms with Crippen LogP contribution >= 0.6 is 11.8 Å². The van der Waals surface area contributed by atoms with E-state index in [4.69, 9.17) is 4.42 Å². The Labute approximate surface area is 198 Å². The third-order valence-corrected chi connectivity index (χ3v) is 6.13. The van der Waals surface area contributed by atoms with E-state index in [1.165, 1.54) is 17.3 Å². The first kappa shape index (κ1) is 22.9.